The molecule has 1 aromatic carbocycles. The van der Waals surface area contributed by atoms with E-state index in [9.17, 15) is 0 Å². The maximum absolute atomic E-state index is 5.61. The van der Waals surface area contributed by atoms with Gasteiger partial charge < -0.3 is 4.74 Å². The summed E-state index contributed by atoms with van der Waals surface area (Å²) >= 11 is 0. The topological polar surface area (TPSA) is 12.5 Å². The predicted octanol–water partition coefficient (Wildman–Crippen LogP) is 3.32. The van der Waals surface area contributed by atoms with Crippen molar-refractivity contribution in [1.82, 2.24) is 0 Å². The van der Waals surface area contributed by atoms with Gasteiger partial charge in [-0.3, -0.25) is 0 Å². The van der Waals surface area contributed by atoms with Crippen LogP contribution in [0.3, 0.4) is 0 Å². The summed E-state index contributed by atoms with van der Waals surface area (Å²) < 4.78 is 5.61. The maximum atomic E-state index is 5.61. The van der Waals surface area contributed by atoms with E-state index in [-0.39, 0.29) is 0 Å². The summed E-state index contributed by atoms with van der Waals surface area (Å²) in [5, 5.41) is 0. The first kappa shape index (κ1) is 8.76. The molecule has 0 saturated carbocycles. The zero-order valence-electron chi connectivity index (χ0n) is 8.07. The minimum atomic E-state index is 0.396. The monoisotopic (exact) mass is 176 g/mol. The Labute approximate surface area is 79.7 Å². The van der Waals surface area contributed by atoms with Crippen molar-refractivity contribution in [2.75, 3.05) is 0 Å². The lowest BCUT2D eigenvalue weighted by Crippen LogP contribution is -1.88. The van der Waals surface area contributed by atoms with Crippen LogP contribution in [-0.2, 0) is 4.74 Å². The largest absolute Gasteiger partial charge is 0.365 e. The van der Waals surface area contributed by atoms with E-state index in [0.29, 0.717) is 12.2 Å². The fraction of sp³-hybridized carbons (Fsp3) is 0.500. The van der Waals surface area contributed by atoms with Gasteiger partial charge in [-0.25, -0.2) is 0 Å². The summed E-state index contributed by atoms with van der Waals surface area (Å²) in [7, 11) is 0. The molecular weight excluding hydrogens is 160 g/mol. The van der Waals surface area contributed by atoms with Crippen molar-refractivity contribution in [3.05, 3.63) is 35.9 Å². The quantitative estimate of drug-likeness (QED) is 0.641. The minimum absolute atomic E-state index is 0.396. The number of epoxide rings is 1. The average Bonchev–Trinajstić information content (AvgIpc) is 2.95. The number of hydrogen-bond acceptors (Lipinski definition) is 1. The fourth-order valence-corrected chi connectivity index (χ4v) is 1.70. The summed E-state index contributed by atoms with van der Waals surface area (Å²) in [5.41, 5.74) is 1.34. The molecule has 0 unspecified atom stereocenters. The summed E-state index contributed by atoms with van der Waals surface area (Å²) in [4.78, 5) is 0. The van der Waals surface area contributed by atoms with Gasteiger partial charge in [0, 0.05) is 0 Å². The van der Waals surface area contributed by atoms with E-state index in [0.717, 1.165) is 0 Å². The van der Waals surface area contributed by atoms with E-state index in [4.69, 9.17) is 4.74 Å². The molecule has 1 saturated heterocycles. The second-order valence-electron chi connectivity index (χ2n) is 3.65. The van der Waals surface area contributed by atoms with Gasteiger partial charge in [0.25, 0.3) is 0 Å². The van der Waals surface area contributed by atoms with Gasteiger partial charge >= 0.3 is 0 Å². The van der Waals surface area contributed by atoms with Crippen LogP contribution in [0.15, 0.2) is 30.3 Å². The van der Waals surface area contributed by atoms with Crippen LogP contribution in [0.25, 0.3) is 0 Å². The van der Waals surface area contributed by atoms with Crippen molar-refractivity contribution in [1.29, 1.82) is 0 Å². The van der Waals surface area contributed by atoms with E-state index < -0.39 is 0 Å². The van der Waals surface area contributed by atoms with Crippen LogP contribution in [0.2, 0.25) is 0 Å². The number of rotatable bonds is 4. The van der Waals surface area contributed by atoms with Crippen molar-refractivity contribution in [3.8, 4) is 0 Å². The van der Waals surface area contributed by atoms with Crippen molar-refractivity contribution >= 4 is 0 Å². The van der Waals surface area contributed by atoms with Gasteiger partial charge in [0.15, 0.2) is 0 Å². The number of benzene rings is 1. The second-order valence-corrected chi connectivity index (χ2v) is 3.65. The van der Waals surface area contributed by atoms with Crippen molar-refractivity contribution < 1.29 is 4.74 Å². The van der Waals surface area contributed by atoms with Crippen LogP contribution in [-0.4, -0.2) is 6.10 Å². The summed E-state index contributed by atoms with van der Waals surface area (Å²) in [6.45, 7) is 2.22. The molecule has 2 rings (SSSR count). The molecule has 0 N–H and O–H groups in total. The van der Waals surface area contributed by atoms with Crippen LogP contribution in [0.5, 0.6) is 0 Å². The van der Waals surface area contributed by atoms with E-state index in [2.05, 4.69) is 31.2 Å². The molecule has 1 aliphatic heterocycles. The first-order valence-corrected chi connectivity index (χ1v) is 5.12. The van der Waals surface area contributed by atoms with E-state index in [1.54, 1.807) is 0 Å². The highest BCUT2D eigenvalue weighted by molar-refractivity contribution is 5.22. The molecule has 0 spiro atoms. The molecule has 1 aliphatic rings. The van der Waals surface area contributed by atoms with Crippen molar-refractivity contribution in [2.24, 2.45) is 0 Å². The minimum Gasteiger partial charge on any atom is -0.365 e. The standard InChI is InChI=1S/C12H16O/c1-2-3-9-11-12(13-11)10-7-5-4-6-8-10/h4-8,11-12H,2-3,9H2,1H3/t11-,12+/m0/s1. The Balaban J connectivity index is 1.86. The van der Waals surface area contributed by atoms with Crippen molar-refractivity contribution in [2.45, 2.75) is 38.4 Å². The third-order valence-corrected chi connectivity index (χ3v) is 2.55. The molecule has 1 heterocycles. The molecular formula is C12H16O. The maximum Gasteiger partial charge on any atom is 0.109 e. The van der Waals surface area contributed by atoms with E-state index in [1.807, 2.05) is 6.07 Å². The molecule has 2 atom stereocenters. The molecule has 0 radical (unpaired) electrons. The number of ether oxygens (including phenoxy) is 1. The smallest absolute Gasteiger partial charge is 0.109 e. The van der Waals surface area contributed by atoms with Crippen LogP contribution in [0, 0.1) is 0 Å². The summed E-state index contributed by atoms with van der Waals surface area (Å²) in [5.74, 6) is 0. The lowest BCUT2D eigenvalue weighted by molar-refractivity contribution is 0.362. The second kappa shape index (κ2) is 3.93. The Morgan fingerprint density at radius 2 is 2.00 bits per heavy atom. The van der Waals surface area contributed by atoms with Gasteiger partial charge in [-0.1, -0.05) is 50.1 Å². The lowest BCUT2D eigenvalue weighted by atomic mass is 10.1. The van der Waals surface area contributed by atoms with Crippen LogP contribution in [0.4, 0.5) is 0 Å². The molecule has 1 aromatic rings. The van der Waals surface area contributed by atoms with Gasteiger partial charge in [0.2, 0.25) is 0 Å². The molecule has 0 aliphatic carbocycles. The highest BCUT2D eigenvalue weighted by Gasteiger charge is 2.38. The van der Waals surface area contributed by atoms with Gasteiger partial charge in [-0.15, -0.1) is 0 Å². The predicted molar refractivity (Wildman–Crippen MR) is 53.6 cm³/mol. The Hall–Kier alpha value is -0.820. The first-order valence-electron chi connectivity index (χ1n) is 5.12. The van der Waals surface area contributed by atoms with Gasteiger partial charge in [0.05, 0.1) is 6.10 Å². The van der Waals surface area contributed by atoms with Crippen LogP contribution < -0.4 is 0 Å². The summed E-state index contributed by atoms with van der Waals surface area (Å²) in [6, 6.07) is 10.5. The van der Waals surface area contributed by atoms with Gasteiger partial charge in [0.1, 0.15) is 6.10 Å². The van der Waals surface area contributed by atoms with Gasteiger partial charge in [-0.2, -0.15) is 0 Å². The zero-order valence-corrected chi connectivity index (χ0v) is 8.07. The Kier molecular flexibility index (Phi) is 2.65. The zero-order chi connectivity index (χ0) is 9.10. The van der Waals surface area contributed by atoms with Crippen molar-refractivity contribution in [3.63, 3.8) is 0 Å². The molecule has 0 bridgehead atoms. The molecule has 0 aromatic heterocycles. The Bertz CT molecular complexity index is 255. The third kappa shape index (κ3) is 2.10. The number of hydrogen-bond donors (Lipinski definition) is 0. The molecule has 0 amide bonds. The molecule has 1 fully saturated rings. The van der Waals surface area contributed by atoms with E-state index in [1.165, 1.54) is 24.8 Å². The normalized spacial score (nSPS) is 25.9. The third-order valence-electron chi connectivity index (χ3n) is 2.55. The lowest BCUT2D eigenvalue weighted by Gasteiger charge is -1.94. The molecule has 13 heavy (non-hydrogen) atoms. The van der Waals surface area contributed by atoms with E-state index >= 15 is 0 Å². The van der Waals surface area contributed by atoms with Crippen LogP contribution in [0.1, 0.15) is 37.9 Å². The molecule has 70 valence electrons. The summed E-state index contributed by atoms with van der Waals surface area (Å²) in [6.07, 6.45) is 4.67. The Morgan fingerprint density at radius 1 is 1.23 bits per heavy atom. The van der Waals surface area contributed by atoms with Gasteiger partial charge in [-0.05, 0) is 12.0 Å². The fourth-order valence-electron chi connectivity index (χ4n) is 1.70. The first-order chi connectivity index (χ1) is 6.42. The van der Waals surface area contributed by atoms with Crippen LogP contribution >= 0.6 is 0 Å². The number of unbranched alkanes of at least 4 members (excludes halogenated alkanes) is 1. The highest BCUT2D eigenvalue weighted by atomic mass is 16.6. The average molecular weight is 176 g/mol. The SMILES string of the molecule is CCCC[C@@H]1O[C@@H]1c1ccccc1. The molecule has 1 nitrogen and oxygen atoms in total. The molecule has 1 heteroatoms. The highest BCUT2D eigenvalue weighted by Crippen LogP contribution is 2.41. The Morgan fingerprint density at radius 3 is 2.69 bits per heavy atom.